The Morgan fingerprint density at radius 1 is 1.00 bits per heavy atom. The highest BCUT2D eigenvalue weighted by Gasteiger charge is 2.43. The summed E-state index contributed by atoms with van der Waals surface area (Å²) in [6.07, 6.45) is -7.24. The zero-order chi connectivity index (χ0) is 23.1. The lowest BCUT2D eigenvalue weighted by molar-refractivity contribution is -0.299. The SMILES string of the molecule is CC(C)c1cccc(C(C)C)c1OC(=O)OCCOC1OC(CCO)C(O)C(O)C1O. The molecule has 0 radical (unpaired) electrons. The summed E-state index contributed by atoms with van der Waals surface area (Å²) in [4.78, 5) is 12.2. The molecule has 5 unspecified atom stereocenters. The number of para-hydroxylation sites is 1. The minimum Gasteiger partial charge on any atom is -0.432 e. The smallest absolute Gasteiger partial charge is 0.432 e. The van der Waals surface area contributed by atoms with Gasteiger partial charge in [0, 0.05) is 6.61 Å². The molecule has 5 atom stereocenters. The number of ether oxygens (including phenoxy) is 4. The van der Waals surface area contributed by atoms with Crippen LogP contribution in [0, 0.1) is 0 Å². The number of hydrogen-bond acceptors (Lipinski definition) is 9. The summed E-state index contributed by atoms with van der Waals surface area (Å²) in [6, 6.07) is 5.75. The van der Waals surface area contributed by atoms with Crippen molar-refractivity contribution in [2.45, 2.75) is 76.7 Å². The van der Waals surface area contributed by atoms with Gasteiger partial charge in [-0.3, -0.25) is 0 Å². The molecule has 0 spiro atoms. The third kappa shape index (κ3) is 6.61. The molecule has 2 rings (SSSR count). The summed E-state index contributed by atoms with van der Waals surface area (Å²) in [5.41, 5.74) is 1.81. The number of aliphatic hydroxyl groups excluding tert-OH is 4. The Morgan fingerprint density at radius 2 is 1.61 bits per heavy atom. The fourth-order valence-corrected chi connectivity index (χ4v) is 3.42. The molecular weight excluding hydrogens is 408 g/mol. The highest BCUT2D eigenvalue weighted by Crippen LogP contribution is 2.34. The largest absolute Gasteiger partial charge is 0.513 e. The van der Waals surface area contributed by atoms with Crippen molar-refractivity contribution in [2.24, 2.45) is 0 Å². The molecule has 31 heavy (non-hydrogen) atoms. The first-order valence-electron chi connectivity index (χ1n) is 10.6. The van der Waals surface area contributed by atoms with Gasteiger partial charge in [0.2, 0.25) is 0 Å². The van der Waals surface area contributed by atoms with E-state index in [1.54, 1.807) is 0 Å². The number of aliphatic hydroxyl groups is 4. The summed E-state index contributed by atoms with van der Waals surface area (Å²) in [5.74, 6) is 0.806. The molecule has 0 amide bonds. The van der Waals surface area contributed by atoms with Crippen LogP contribution in [0.3, 0.4) is 0 Å². The maximum Gasteiger partial charge on any atom is 0.513 e. The van der Waals surface area contributed by atoms with Crippen molar-refractivity contribution >= 4 is 6.16 Å². The monoisotopic (exact) mass is 442 g/mol. The van der Waals surface area contributed by atoms with Crippen molar-refractivity contribution in [3.63, 3.8) is 0 Å². The van der Waals surface area contributed by atoms with Crippen LogP contribution < -0.4 is 4.74 Å². The predicted octanol–water partition coefficient (Wildman–Crippen LogP) is 1.66. The van der Waals surface area contributed by atoms with E-state index >= 15 is 0 Å². The Balaban J connectivity index is 1.89. The van der Waals surface area contributed by atoms with E-state index in [0.29, 0.717) is 5.75 Å². The van der Waals surface area contributed by atoms with Gasteiger partial charge in [0.15, 0.2) is 6.29 Å². The molecule has 1 aliphatic heterocycles. The van der Waals surface area contributed by atoms with Gasteiger partial charge in [0.25, 0.3) is 0 Å². The van der Waals surface area contributed by atoms with Gasteiger partial charge < -0.3 is 39.4 Å². The van der Waals surface area contributed by atoms with Gasteiger partial charge in [-0.15, -0.1) is 0 Å². The van der Waals surface area contributed by atoms with Gasteiger partial charge in [-0.05, 0) is 29.4 Å². The van der Waals surface area contributed by atoms with E-state index in [-0.39, 0.29) is 38.1 Å². The van der Waals surface area contributed by atoms with Crippen LogP contribution in [0.25, 0.3) is 0 Å². The maximum absolute atomic E-state index is 12.2. The molecule has 4 N–H and O–H groups in total. The minimum atomic E-state index is -1.48. The second kappa shape index (κ2) is 11.8. The summed E-state index contributed by atoms with van der Waals surface area (Å²) in [6.45, 7) is 7.48. The lowest BCUT2D eigenvalue weighted by Gasteiger charge is -2.40. The Kier molecular flexibility index (Phi) is 9.67. The van der Waals surface area contributed by atoms with E-state index in [0.717, 1.165) is 11.1 Å². The molecule has 0 saturated carbocycles. The van der Waals surface area contributed by atoms with Crippen LogP contribution in [0.5, 0.6) is 5.75 Å². The lowest BCUT2D eigenvalue weighted by atomic mass is 9.94. The Hall–Kier alpha value is -1.75. The van der Waals surface area contributed by atoms with Crippen molar-refractivity contribution in [1.82, 2.24) is 0 Å². The summed E-state index contributed by atoms with van der Waals surface area (Å²) in [5, 5.41) is 38.8. The van der Waals surface area contributed by atoms with Crippen LogP contribution in [0.1, 0.15) is 57.1 Å². The van der Waals surface area contributed by atoms with Crippen molar-refractivity contribution in [2.75, 3.05) is 19.8 Å². The fraction of sp³-hybridized carbons (Fsp3) is 0.682. The molecule has 1 aromatic rings. The molecule has 176 valence electrons. The summed E-state index contributed by atoms with van der Waals surface area (Å²) >= 11 is 0. The van der Waals surface area contributed by atoms with E-state index in [2.05, 4.69) is 0 Å². The average Bonchev–Trinajstić information content (AvgIpc) is 2.72. The molecule has 1 fully saturated rings. The molecule has 1 aromatic carbocycles. The second-order valence-electron chi connectivity index (χ2n) is 8.17. The summed E-state index contributed by atoms with van der Waals surface area (Å²) in [7, 11) is 0. The van der Waals surface area contributed by atoms with Crippen molar-refractivity contribution < 1.29 is 44.2 Å². The Labute approximate surface area is 182 Å². The molecule has 1 heterocycles. The fourth-order valence-electron chi connectivity index (χ4n) is 3.42. The first-order valence-corrected chi connectivity index (χ1v) is 10.6. The van der Waals surface area contributed by atoms with Gasteiger partial charge in [0.05, 0.1) is 12.7 Å². The molecule has 0 aliphatic carbocycles. The van der Waals surface area contributed by atoms with Gasteiger partial charge in [-0.25, -0.2) is 4.79 Å². The number of carbonyl (C=O) groups excluding carboxylic acids is 1. The minimum absolute atomic E-state index is 0.0705. The quantitative estimate of drug-likeness (QED) is 0.256. The van der Waals surface area contributed by atoms with E-state index in [1.807, 2.05) is 45.9 Å². The molecule has 0 bridgehead atoms. The molecule has 9 nitrogen and oxygen atoms in total. The maximum atomic E-state index is 12.2. The lowest BCUT2D eigenvalue weighted by Crippen LogP contribution is -2.58. The zero-order valence-electron chi connectivity index (χ0n) is 18.4. The van der Waals surface area contributed by atoms with Crippen molar-refractivity contribution in [3.05, 3.63) is 29.3 Å². The van der Waals surface area contributed by atoms with Crippen LogP contribution in [0.4, 0.5) is 4.79 Å². The van der Waals surface area contributed by atoms with Gasteiger partial charge in [-0.1, -0.05) is 45.9 Å². The van der Waals surface area contributed by atoms with Crippen LogP contribution >= 0.6 is 0 Å². The third-order valence-electron chi connectivity index (χ3n) is 5.17. The van der Waals surface area contributed by atoms with E-state index in [4.69, 9.17) is 24.1 Å². The van der Waals surface area contributed by atoms with Gasteiger partial charge >= 0.3 is 6.16 Å². The molecule has 9 heteroatoms. The standard InChI is InChI=1S/C22H34O9/c1-12(2)14-6-5-7-15(13(3)4)20(14)31-22(27)29-11-10-28-21-19(26)18(25)17(24)16(30-21)8-9-23/h5-7,12-13,16-19,21,23-26H,8-11H2,1-4H3. The average molecular weight is 443 g/mol. The zero-order valence-corrected chi connectivity index (χ0v) is 18.4. The molecule has 1 aliphatic rings. The van der Waals surface area contributed by atoms with E-state index in [9.17, 15) is 20.1 Å². The molecule has 0 aromatic heterocycles. The number of rotatable bonds is 9. The first-order chi connectivity index (χ1) is 14.7. The first kappa shape index (κ1) is 25.5. The van der Waals surface area contributed by atoms with Crippen molar-refractivity contribution in [3.8, 4) is 5.75 Å². The Bertz CT molecular complexity index is 680. The summed E-state index contributed by atoms with van der Waals surface area (Å²) < 4.78 is 21.3. The van der Waals surface area contributed by atoms with E-state index in [1.165, 1.54) is 0 Å². The van der Waals surface area contributed by atoms with E-state index < -0.39 is 36.9 Å². The molecular formula is C22H34O9. The van der Waals surface area contributed by atoms with Crippen LogP contribution in [0.2, 0.25) is 0 Å². The van der Waals surface area contributed by atoms with Gasteiger partial charge in [0.1, 0.15) is 30.7 Å². The third-order valence-corrected chi connectivity index (χ3v) is 5.17. The topological polar surface area (TPSA) is 135 Å². The normalized spacial score (nSPS) is 26.3. The number of hydrogen-bond donors (Lipinski definition) is 4. The highest BCUT2D eigenvalue weighted by molar-refractivity contribution is 5.66. The van der Waals surface area contributed by atoms with Crippen LogP contribution in [-0.4, -0.2) is 77.1 Å². The number of carbonyl (C=O) groups is 1. The second-order valence-corrected chi connectivity index (χ2v) is 8.17. The highest BCUT2D eigenvalue weighted by atomic mass is 16.7. The van der Waals surface area contributed by atoms with Gasteiger partial charge in [-0.2, -0.15) is 0 Å². The molecule has 1 saturated heterocycles. The van der Waals surface area contributed by atoms with Crippen molar-refractivity contribution in [1.29, 1.82) is 0 Å². The number of benzene rings is 1. The van der Waals surface area contributed by atoms with Crippen LogP contribution in [0.15, 0.2) is 18.2 Å². The predicted molar refractivity (Wildman–Crippen MR) is 111 cm³/mol. The van der Waals surface area contributed by atoms with Crippen LogP contribution in [-0.2, 0) is 14.2 Å². The Morgan fingerprint density at radius 3 is 2.16 bits per heavy atom.